The minimum atomic E-state index is -5.71. The van der Waals surface area contributed by atoms with E-state index in [1.807, 2.05) is 6.92 Å². The Morgan fingerprint density at radius 3 is 2.10 bits per heavy atom. The molecule has 40 heavy (non-hydrogen) atoms. The second kappa shape index (κ2) is 10.9. The van der Waals surface area contributed by atoms with Crippen LogP contribution in [-0.2, 0) is 14.9 Å². The van der Waals surface area contributed by atoms with Gasteiger partial charge in [0, 0.05) is 35.1 Å². The molecule has 1 unspecified atom stereocenters. The lowest BCUT2D eigenvalue weighted by atomic mass is 9.69. The Kier molecular flexibility index (Phi) is 8.10. The molecule has 2 aliphatic rings. The topological polar surface area (TPSA) is 55.8 Å². The molecule has 1 N–H and O–H groups in total. The minimum Gasteiger partial charge on any atom is -0.477 e. The summed E-state index contributed by atoms with van der Waals surface area (Å²) in [4.78, 5) is 11.6. The number of rotatable bonds is 6. The molecule has 2 aromatic rings. The van der Waals surface area contributed by atoms with E-state index in [1.54, 1.807) is 0 Å². The Bertz CT molecular complexity index is 1370. The van der Waals surface area contributed by atoms with Crippen molar-refractivity contribution in [2.24, 2.45) is 5.92 Å². The van der Waals surface area contributed by atoms with Gasteiger partial charge in [0.15, 0.2) is 6.29 Å². The first-order chi connectivity index (χ1) is 18.7. The Morgan fingerprint density at radius 1 is 1.00 bits per heavy atom. The second-order valence-electron chi connectivity index (χ2n) is 9.55. The van der Waals surface area contributed by atoms with Crippen molar-refractivity contribution in [1.82, 2.24) is 0 Å². The maximum Gasteiger partial charge on any atom is 0.402 e. The first-order valence-corrected chi connectivity index (χ1v) is 12.0. The van der Waals surface area contributed by atoms with Crippen LogP contribution in [0.5, 0.6) is 0 Å². The summed E-state index contributed by atoms with van der Waals surface area (Å²) in [5.74, 6) is -12.9. The van der Waals surface area contributed by atoms with Crippen LogP contribution >= 0.6 is 0 Å². The number of hydrogen-bond acceptors (Lipinski definition) is 3. The van der Waals surface area contributed by atoms with Gasteiger partial charge >= 0.3 is 12.1 Å². The summed E-state index contributed by atoms with van der Waals surface area (Å²) in [5.41, 5.74) is -10.3. The summed E-state index contributed by atoms with van der Waals surface area (Å²) in [6, 6.07) is 1.60. The summed E-state index contributed by atoms with van der Waals surface area (Å²) in [6.45, 7) is 1.68. The summed E-state index contributed by atoms with van der Waals surface area (Å²) < 4.78 is 144. The Balaban J connectivity index is 1.96. The Morgan fingerprint density at radius 2 is 1.60 bits per heavy atom. The van der Waals surface area contributed by atoms with Crippen molar-refractivity contribution < 1.29 is 58.9 Å². The number of allylic oxidation sites excluding steroid dienone is 4. The fourth-order valence-corrected chi connectivity index (χ4v) is 5.05. The third-order valence-corrected chi connectivity index (χ3v) is 6.80. The lowest BCUT2D eigenvalue weighted by Crippen LogP contribution is -2.45. The quantitative estimate of drug-likeness (QED) is 0.354. The summed E-state index contributed by atoms with van der Waals surface area (Å²) >= 11 is 0. The number of hydrogen-bond donors (Lipinski definition) is 1. The highest BCUT2D eigenvalue weighted by atomic mass is 19.4. The maximum absolute atomic E-state index is 15.7. The molecule has 1 atom stereocenters. The van der Waals surface area contributed by atoms with Gasteiger partial charge in [0.2, 0.25) is 0 Å². The summed E-state index contributed by atoms with van der Waals surface area (Å²) in [7, 11) is 0. The first-order valence-electron chi connectivity index (χ1n) is 12.0. The van der Waals surface area contributed by atoms with Crippen LogP contribution in [0.25, 0.3) is 5.57 Å². The molecule has 0 saturated carbocycles. The lowest BCUT2D eigenvalue weighted by molar-refractivity contribution is -0.209. The van der Waals surface area contributed by atoms with Crippen LogP contribution in [0.1, 0.15) is 59.5 Å². The number of benzene rings is 2. The van der Waals surface area contributed by atoms with Crippen LogP contribution < -0.4 is 0 Å². The molecule has 4 nitrogen and oxygen atoms in total. The zero-order chi connectivity index (χ0) is 29.6. The number of aromatic carboxylic acids is 1. The van der Waals surface area contributed by atoms with E-state index < -0.39 is 93.0 Å². The number of alkyl halides is 3. The third-order valence-electron chi connectivity index (χ3n) is 6.80. The second-order valence-corrected chi connectivity index (χ2v) is 9.55. The van der Waals surface area contributed by atoms with Gasteiger partial charge < -0.3 is 14.6 Å². The fraction of sp³-hybridized carbons (Fsp3) is 0.370. The van der Waals surface area contributed by atoms with Crippen LogP contribution in [0.3, 0.4) is 0 Å². The van der Waals surface area contributed by atoms with Crippen molar-refractivity contribution in [3.8, 4) is 0 Å². The van der Waals surface area contributed by atoms with Gasteiger partial charge in [-0.1, -0.05) is 13.3 Å². The highest BCUT2D eigenvalue weighted by molar-refractivity contribution is 5.89. The molecule has 4 rings (SSSR count). The van der Waals surface area contributed by atoms with Crippen molar-refractivity contribution >= 4 is 11.5 Å². The molecule has 0 aromatic heterocycles. The zero-order valence-corrected chi connectivity index (χ0v) is 20.7. The molecule has 2 aromatic carbocycles. The molecule has 0 spiro atoms. The van der Waals surface area contributed by atoms with Gasteiger partial charge in [-0.05, 0) is 36.3 Å². The maximum atomic E-state index is 15.7. The molecular formula is C27H21F9O4. The summed E-state index contributed by atoms with van der Waals surface area (Å²) in [5, 5.41) is 9.33. The molecule has 0 radical (unpaired) electrons. The lowest BCUT2D eigenvalue weighted by Gasteiger charge is -2.39. The van der Waals surface area contributed by atoms with Gasteiger partial charge in [-0.2, -0.15) is 13.2 Å². The number of ether oxygens (including phenoxy) is 2. The van der Waals surface area contributed by atoms with Crippen LogP contribution in [0.15, 0.2) is 42.0 Å². The van der Waals surface area contributed by atoms with Gasteiger partial charge in [0.25, 0.3) is 0 Å². The molecule has 1 aliphatic heterocycles. The Hall–Kier alpha value is -3.32. The normalized spacial score (nSPS) is 23.8. The SMILES string of the molecule is CCCC1COC(c2cc(F)c(C(=O)O)c(F)c2C2(C(F)(F)F)C=C(F)C(c3cc(F)cc(F)c3)=C(F)C2)OC1. The van der Waals surface area contributed by atoms with E-state index in [2.05, 4.69) is 0 Å². The van der Waals surface area contributed by atoms with E-state index in [0.29, 0.717) is 31.0 Å². The van der Waals surface area contributed by atoms with Gasteiger partial charge in [0.1, 0.15) is 45.9 Å². The monoisotopic (exact) mass is 580 g/mol. The predicted molar refractivity (Wildman–Crippen MR) is 122 cm³/mol. The molecule has 1 heterocycles. The third kappa shape index (κ3) is 5.24. The number of carboxylic acid groups (broad SMARTS) is 1. The summed E-state index contributed by atoms with van der Waals surface area (Å²) in [6.07, 6.45) is -8.31. The molecular weight excluding hydrogens is 559 g/mol. The van der Waals surface area contributed by atoms with E-state index in [4.69, 9.17) is 9.47 Å². The highest BCUT2D eigenvalue weighted by Gasteiger charge is 2.60. The molecule has 1 fully saturated rings. The standard InChI is InChI=1S/C27H21F9O4/c1-2-3-12-10-39-25(40-11-12)16-7-17(30)21(24(37)38)23(33)22(16)26(27(34,35)36)8-18(31)20(19(32)9-26)13-4-14(28)6-15(29)5-13/h4-8,12,25H,2-3,9-11H2,1H3,(H,37,38). The molecule has 0 amide bonds. The molecule has 1 aliphatic carbocycles. The average molecular weight is 580 g/mol. The van der Waals surface area contributed by atoms with Crippen molar-refractivity contribution in [3.63, 3.8) is 0 Å². The van der Waals surface area contributed by atoms with Crippen LogP contribution in [0.4, 0.5) is 39.5 Å². The molecule has 216 valence electrons. The highest BCUT2D eigenvalue weighted by Crippen LogP contribution is 2.55. The van der Waals surface area contributed by atoms with Crippen molar-refractivity contribution in [3.05, 3.63) is 87.5 Å². The molecule has 1 saturated heterocycles. The van der Waals surface area contributed by atoms with E-state index in [-0.39, 0.29) is 31.3 Å². The van der Waals surface area contributed by atoms with Gasteiger partial charge in [-0.15, -0.1) is 0 Å². The van der Waals surface area contributed by atoms with Gasteiger partial charge in [0.05, 0.1) is 13.2 Å². The number of halogens is 9. The predicted octanol–water partition coefficient (Wildman–Crippen LogP) is 7.84. The van der Waals surface area contributed by atoms with Gasteiger partial charge in [-0.25, -0.2) is 31.1 Å². The zero-order valence-electron chi connectivity index (χ0n) is 20.7. The van der Waals surface area contributed by atoms with Crippen molar-refractivity contribution in [2.45, 2.75) is 44.1 Å². The van der Waals surface area contributed by atoms with Crippen LogP contribution in [-0.4, -0.2) is 30.5 Å². The fourth-order valence-electron chi connectivity index (χ4n) is 5.05. The van der Waals surface area contributed by atoms with E-state index in [0.717, 1.165) is 0 Å². The smallest absolute Gasteiger partial charge is 0.402 e. The molecule has 0 bridgehead atoms. The van der Waals surface area contributed by atoms with Gasteiger partial charge in [-0.3, -0.25) is 0 Å². The van der Waals surface area contributed by atoms with E-state index in [9.17, 15) is 36.2 Å². The number of carbonyl (C=O) groups is 1. The van der Waals surface area contributed by atoms with Crippen molar-refractivity contribution in [1.29, 1.82) is 0 Å². The minimum absolute atomic E-state index is 0.0887. The Labute approximate surface area is 221 Å². The van der Waals surface area contributed by atoms with Crippen LogP contribution in [0.2, 0.25) is 0 Å². The van der Waals surface area contributed by atoms with Crippen molar-refractivity contribution in [2.75, 3.05) is 13.2 Å². The number of carboxylic acids is 1. The van der Waals surface area contributed by atoms with E-state index >= 15 is 13.2 Å². The first kappa shape index (κ1) is 29.7. The van der Waals surface area contributed by atoms with E-state index in [1.165, 1.54) is 0 Å². The average Bonchev–Trinajstić information content (AvgIpc) is 2.82. The molecule has 13 heteroatoms. The van der Waals surface area contributed by atoms with Crippen LogP contribution in [0, 0.1) is 29.2 Å². The largest absolute Gasteiger partial charge is 0.477 e.